The summed E-state index contributed by atoms with van der Waals surface area (Å²) in [5.74, 6) is 0.278. The van der Waals surface area contributed by atoms with Crippen LogP contribution in [0.5, 0.6) is 5.75 Å². The molecule has 0 aliphatic rings. The first-order valence-corrected chi connectivity index (χ1v) is 8.88. The van der Waals surface area contributed by atoms with Gasteiger partial charge in [-0.2, -0.15) is 0 Å². The van der Waals surface area contributed by atoms with Crippen LogP contribution in [0.25, 0.3) is 0 Å². The molecule has 0 aliphatic heterocycles. The van der Waals surface area contributed by atoms with Gasteiger partial charge in [0, 0.05) is 25.0 Å². The molecule has 2 amide bonds. The van der Waals surface area contributed by atoms with Gasteiger partial charge in [0.25, 0.3) is 5.91 Å². The maximum Gasteiger partial charge on any atom is 0.252 e. The third-order valence-electron chi connectivity index (χ3n) is 3.66. The topological polar surface area (TPSA) is 58.6 Å². The van der Waals surface area contributed by atoms with E-state index in [4.69, 9.17) is 27.9 Å². The Morgan fingerprint density at radius 2 is 1.88 bits per heavy atom. The van der Waals surface area contributed by atoms with Crippen molar-refractivity contribution >= 4 is 35.0 Å². The van der Waals surface area contributed by atoms with Crippen molar-refractivity contribution in [1.29, 1.82) is 0 Å². The van der Waals surface area contributed by atoms with Crippen LogP contribution < -0.4 is 10.1 Å². The first-order chi connectivity index (χ1) is 12.5. The van der Waals surface area contributed by atoms with Crippen molar-refractivity contribution in [3.05, 3.63) is 64.1 Å². The van der Waals surface area contributed by atoms with Crippen LogP contribution in [0.1, 0.15) is 16.8 Å². The molecule has 0 radical (unpaired) electrons. The van der Waals surface area contributed by atoms with E-state index in [0.29, 0.717) is 34.5 Å². The Bertz CT molecular complexity index is 768. The summed E-state index contributed by atoms with van der Waals surface area (Å²) < 4.78 is 5.56. The zero-order valence-electron chi connectivity index (χ0n) is 14.4. The summed E-state index contributed by atoms with van der Waals surface area (Å²) in [5, 5.41) is 3.68. The molecule has 26 heavy (non-hydrogen) atoms. The fraction of sp³-hybridized carbons (Fsp3) is 0.263. The molecule has 2 aromatic carbocycles. The van der Waals surface area contributed by atoms with Crippen LogP contribution in [-0.2, 0) is 4.79 Å². The standard InChI is InChI=1S/C19H20Cl2N2O3/c1-23(11-12-26-15-6-4-5-14(20)13-15)18(24)9-10-22-19(25)16-7-2-3-8-17(16)21/h2-8,13H,9-12H2,1H3,(H,22,25). The first-order valence-electron chi connectivity index (χ1n) is 8.12. The number of ether oxygens (including phenoxy) is 1. The SMILES string of the molecule is CN(CCOc1cccc(Cl)c1)C(=O)CCNC(=O)c1ccccc1Cl. The van der Waals surface area contributed by atoms with Crippen molar-refractivity contribution < 1.29 is 14.3 Å². The van der Waals surface area contributed by atoms with E-state index in [1.807, 2.05) is 0 Å². The summed E-state index contributed by atoms with van der Waals surface area (Å²) in [6.45, 7) is 1.03. The van der Waals surface area contributed by atoms with Crippen molar-refractivity contribution in [3.8, 4) is 5.75 Å². The van der Waals surface area contributed by atoms with E-state index >= 15 is 0 Å². The lowest BCUT2D eigenvalue weighted by Crippen LogP contribution is -2.34. The van der Waals surface area contributed by atoms with E-state index in [1.54, 1.807) is 60.5 Å². The number of rotatable bonds is 8. The fourth-order valence-electron chi connectivity index (χ4n) is 2.20. The van der Waals surface area contributed by atoms with Gasteiger partial charge in [-0.15, -0.1) is 0 Å². The van der Waals surface area contributed by atoms with E-state index in [0.717, 1.165) is 0 Å². The van der Waals surface area contributed by atoms with E-state index in [2.05, 4.69) is 5.32 Å². The second-order valence-corrected chi connectivity index (χ2v) is 6.45. The van der Waals surface area contributed by atoms with Crippen LogP contribution in [0, 0.1) is 0 Å². The van der Waals surface area contributed by atoms with Crippen LogP contribution in [0.4, 0.5) is 0 Å². The largest absolute Gasteiger partial charge is 0.492 e. The van der Waals surface area contributed by atoms with Gasteiger partial charge in [0.15, 0.2) is 0 Å². The van der Waals surface area contributed by atoms with Gasteiger partial charge in [0.1, 0.15) is 12.4 Å². The Morgan fingerprint density at radius 3 is 2.62 bits per heavy atom. The average Bonchev–Trinajstić information content (AvgIpc) is 2.61. The number of benzene rings is 2. The van der Waals surface area contributed by atoms with Crippen molar-refractivity contribution in [2.75, 3.05) is 26.7 Å². The van der Waals surface area contributed by atoms with Gasteiger partial charge in [-0.05, 0) is 30.3 Å². The van der Waals surface area contributed by atoms with E-state index in [-0.39, 0.29) is 24.8 Å². The van der Waals surface area contributed by atoms with Gasteiger partial charge in [0.2, 0.25) is 5.91 Å². The Labute approximate surface area is 162 Å². The van der Waals surface area contributed by atoms with Crippen LogP contribution in [0.15, 0.2) is 48.5 Å². The van der Waals surface area contributed by atoms with Crippen LogP contribution in [0.2, 0.25) is 10.0 Å². The Kier molecular flexibility index (Phi) is 7.75. The average molecular weight is 395 g/mol. The summed E-state index contributed by atoms with van der Waals surface area (Å²) in [7, 11) is 1.69. The highest BCUT2D eigenvalue weighted by molar-refractivity contribution is 6.33. The van der Waals surface area contributed by atoms with E-state index in [1.165, 1.54) is 0 Å². The second-order valence-electron chi connectivity index (χ2n) is 5.61. The molecule has 0 aromatic heterocycles. The predicted molar refractivity (Wildman–Crippen MR) is 103 cm³/mol. The minimum Gasteiger partial charge on any atom is -0.492 e. The molecule has 138 valence electrons. The molecule has 0 spiro atoms. The number of carbonyl (C=O) groups is 2. The van der Waals surface area contributed by atoms with Crippen LogP contribution in [0.3, 0.4) is 0 Å². The van der Waals surface area contributed by atoms with Gasteiger partial charge in [-0.1, -0.05) is 41.4 Å². The fourth-order valence-corrected chi connectivity index (χ4v) is 2.60. The molecule has 7 heteroatoms. The molecule has 0 aliphatic carbocycles. The number of amides is 2. The van der Waals surface area contributed by atoms with Crippen molar-refractivity contribution in [2.24, 2.45) is 0 Å². The Morgan fingerprint density at radius 1 is 1.12 bits per heavy atom. The van der Waals surface area contributed by atoms with Crippen molar-refractivity contribution in [2.45, 2.75) is 6.42 Å². The number of nitrogens with zero attached hydrogens (tertiary/aromatic N) is 1. The maximum atomic E-state index is 12.1. The molecule has 0 unspecified atom stereocenters. The molecule has 0 atom stereocenters. The number of hydrogen-bond donors (Lipinski definition) is 1. The third-order valence-corrected chi connectivity index (χ3v) is 4.22. The van der Waals surface area contributed by atoms with Crippen molar-refractivity contribution in [1.82, 2.24) is 10.2 Å². The zero-order valence-corrected chi connectivity index (χ0v) is 15.9. The summed E-state index contributed by atoms with van der Waals surface area (Å²) in [4.78, 5) is 25.7. The lowest BCUT2D eigenvalue weighted by Gasteiger charge is -2.17. The Balaban J connectivity index is 1.68. The normalized spacial score (nSPS) is 10.3. The maximum absolute atomic E-state index is 12.1. The summed E-state index contributed by atoms with van der Waals surface area (Å²) in [6.07, 6.45) is 0.198. The first kappa shape index (κ1) is 20.1. The third kappa shape index (κ3) is 6.24. The number of carbonyl (C=O) groups excluding carboxylic acids is 2. The lowest BCUT2D eigenvalue weighted by molar-refractivity contribution is -0.130. The van der Waals surface area contributed by atoms with Gasteiger partial charge in [-0.3, -0.25) is 9.59 Å². The van der Waals surface area contributed by atoms with Gasteiger partial charge in [-0.25, -0.2) is 0 Å². The van der Waals surface area contributed by atoms with Gasteiger partial charge < -0.3 is 15.0 Å². The number of nitrogens with one attached hydrogen (secondary N) is 1. The molecule has 0 heterocycles. The molecule has 2 rings (SSSR count). The van der Waals surface area contributed by atoms with E-state index < -0.39 is 0 Å². The molecule has 0 saturated heterocycles. The van der Waals surface area contributed by atoms with Crippen molar-refractivity contribution in [3.63, 3.8) is 0 Å². The zero-order chi connectivity index (χ0) is 18.9. The van der Waals surface area contributed by atoms with E-state index in [9.17, 15) is 9.59 Å². The molecule has 2 aromatic rings. The minimum absolute atomic E-state index is 0.0841. The van der Waals surface area contributed by atoms with Crippen LogP contribution >= 0.6 is 23.2 Å². The predicted octanol–water partition coefficient (Wildman–Crippen LogP) is 3.65. The molecule has 0 fully saturated rings. The number of likely N-dealkylation sites (N-methyl/N-ethyl adjacent to an activating group) is 1. The van der Waals surface area contributed by atoms with Gasteiger partial charge >= 0.3 is 0 Å². The highest BCUT2D eigenvalue weighted by Crippen LogP contribution is 2.17. The molecular formula is C19H20Cl2N2O3. The molecule has 1 N–H and O–H groups in total. The summed E-state index contributed by atoms with van der Waals surface area (Å²) in [5.41, 5.74) is 0.393. The Hall–Kier alpha value is -2.24. The molecule has 0 saturated carbocycles. The summed E-state index contributed by atoms with van der Waals surface area (Å²) in [6, 6.07) is 13.9. The summed E-state index contributed by atoms with van der Waals surface area (Å²) >= 11 is 11.9. The molecule has 5 nitrogen and oxygen atoms in total. The monoisotopic (exact) mass is 394 g/mol. The molecular weight excluding hydrogens is 375 g/mol. The van der Waals surface area contributed by atoms with Crippen LogP contribution in [-0.4, -0.2) is 43.5 Å². The minimum atomic E-state index is -0.296. The quantitative estimate of drug-likeness (QED) is 0.743. The second kappa shape index (κ2) is 10.0. The van der Waals surface area contributed by atoms with Gasteiger partial charge in [0.05, 0.1) is 17.1 Å². The molecule has 0 bridgehead atoms. The lowest BCUT2D eigenvalue weighted by atomic mass is 10.2. The number of hydrogen-bond acceptors (Lipinski definition) is 3. The highest BCUT2D eigenvalue weighted by atomic mass is 35.5. The highest BCUT2D eigenvalue weighted by Gasteiger charge is 2.12. The number of halogens is 2. The smallest absolute Gasteiger partial charge is 0.252 e.